The fraction of sp³-hybridized carbons (Fsp3) is 0.124. The summed E-state index contributed by atoms with van der Waals surface area (Å²) in [5, 5.41) is 9.54. The van der Waals surface area contributed by atoms with Gasteiger partial charge < -0.3 is 27.8 Å². The summed E-state index contributed by atoms with van der Waals surface area (Å²) in [5.74, 6) is 0. The topological polar surface area (TPSA) is 42.6 Å². The van der Waals surface area contributed by atoms with Crippen molar-refractivity contribution in [2.45, 2.75) is 109 Å². The van der Waals surface area contributed by atoms with E-state index in [1.807, 2.05) is 12.1 Å². The molecule has 20 aromatic carbocycles. The molecule has 0 amide bonds. The van der Waals surface area contributed by atoms with Crippen LogP contribution in [0.5, 0.6) is 0 Å². The fourth-order valence-corrected chi connectivity index (χ4v) is 22.6. The van der Waals surface area contributed by atoms with Crippen molar-refractivity contribution in [1.29, 1.82) is 0 Å². The summed E-state index contributed by atoms with van der Waals surface area (Å²) >= 11 is 0. The summed E-state index contributed by atoms with van der Waals surface area (Å²) in [6.07, 6.45) is 17.4. The standard InChI is InChI=1S/C137H112N4O2/c1-3-5-7-9-11-25-93-137(94-26-12-10-8-6-4-2,109-73-53-99(54-74-109)95-45-49-97(50-46-95)101-57-77-111(78-58-101)138(115-89-69-107(70-90-115)119-35-27-37-127-125-33-17-23-43-133(125)142-135(119)127)113-81-61-103(62-82-113)105-65-85-117(86-66-105)140-129-39-19-13-29-121(129)122-30-14-20-40-130(122)140)110-75-55-100(56-76-110)96-47-51-98(52-48-96)102-59-79-112(80-60-102)139(116-91-71-108(72-92-116)120-36-28-38-128-126-34-18-24-44-134(126)143-136(120)128)114-83-63-104(64-84-114)106-67-87-118(88-68-106)141-131-41-21-15-31-123(131)124-32-16-22-42-132(124)141/h13-24,27-92H,3-12,25-26,93-94H2,1-2H3. The summed E-state index contributed by atoms with van der Waals surface area (Å²) < 4.78 is 17.9. The zero-order valence-corrected chi connectivity index (χ0v) is 81.0. The second-order valence-corrected chi connectivity index (χ2v) is 38.8. The highest BCUT2D eigenvalue weighted by Gasteiger charge is 2.34. The number of hydrogen-bond acceptors (Lipinski definition) is 4. The molecule has 4 heterocycles. The van der Waals surface area contributed by atoms with E-state index in [9.17, 15) is 0 Å². The van der Waals surface area contributed by atoms with Gasteiger partial charge in [0.25, 0.3) is 0 Å². The van der Waals surface area contributed by atoms with Crippen molar-refractivity contribution in [3.05, 3.63) is 484 Å². The molecule has 0 radical (unpaired) electrons. The molecule has 0 aliphatic rings. The molecule has 0 fully saturated rings. The molecule has 24 rings (SSSR count). The molecule has 0 saturated heterocycles. The summed E-state index contributed by atoms with van der Waals surface area (Å²) in [7, 11) is 0. The highest BCUT2D eigenvalue weighted by molar-refractivity contribution is 6.13. The van der Waals surface area contributed by atoms with Crippen molar-refractivity contribution >= 4 is 122 Å². The van der Waals surface area contributed by atoms with Crippen molar-refractivity contribution in [3.8, 4) is 100 Å². The van der Waals surface area contributed by atoms with Gasteiger partial charge in [-0.15, -0.1) is 0 Å². The smallest absolute Gasteiger partial charge is 0.143 e. The number of para-hydroxylation sites is 8. The summed E-state index contributed by atoms with van der Waals surface area (Å²) in [6, 6.07) is 175. The van der Waals surface area contributed by atoms with E-state index >= 15 is 0 Å². The number of rotatable bonds is 32. The van der Waals surface area contributed by atoms with Gasteiger partial charge in [0.1, 0.15) is 22.3 Å². The van der Waals surface area contributed by atoms with E-state index in [1.165, 1.54) is 165 Å². The second-order valence-electron chi connectivity index (χ2n) is 38.8. The van der Waals surface area contributed by atoms with Crippen molar-refractivity contribution in [2.24, 2.45) is 0 Å². The molecule has 0 aliphatic heterocycles. The summed E-state index contributed by atoms with van der Waals surface area (Å²) in [4.78, 5) is 4.75. The van der Waals surface area contributed by atoms with Gasteiger partial charge in [0, 0.05) is 105 Å². The zero-order chi connectivity index (χ0) is 95.5. The maximum atomic E-state index is 6.56. The highest BCUT2D eigenvalue weighted by Crippen LogP contribution is 2.49. The molecule has 143 heavy (non-hydrogen) atoms. The molecule has 0 aliphatic carbocycles. The van der Waals surface area contributed by atoms with Crippen molar-refractivity contribution in [3.63, 3.8) is 0 Å². The van der Waals surface area contributed by atoms with E-state index in [0.717, 1.165) is 158 Å². The molecular formula is C137H112N4O2. The average molecular weight is 1850 g/mol. The van der Waals surface area contributed by atoms with Gasteiger partial charge in [-0.3, -0.25) is 0 Å². The molecular weight excluding hydrogens is 1730 g/mol. The van der Waals surface area contributed by atoms with E-state index in [1.54, 1.807) is 0 Å². The first-order valence-corrected chi connectivity index (χ1v) is 51.4. The van der Waals surface area contributed by atoms with Crippen LogP contribution < -0.4 is 9.80 Å². The maximum absolute atomic E-state index is 6.56. The van der Waals surface area contributed by atoms with Crippen LogP contribution in [0.2, 0.25) is 0 Å². The van der Waals surface area contributed by atoms with Crippen molar-refractivity contribution in [1.82, 2.24) is 9.13 Å². The van der Waals surface area contributed by atoms with Crippen LogP contribution in [0.1, 0.15) is 115 Å². The number of aromatic nitrogens is 2. The lowest BCUT2D eigenvalue weighted by atomic mass is 9.67. The van der Waals surface area contributed by atoms with Gasteiger partial charge in [0.2, 0.25) is 0 Å². The summed E-state index contributed by atoms with van der Waals surface area (Å²) in [6.45, 7) is 4.65. The van der Waals surface area contributed by atoms with Gasteiger partial charge in [-0.1, -0.05) is 431 Å². The maximum Gasteiger partial charge on any atom is 0.143 e. The van der Waals surface area contributed by atoms with Crippen LogP contribution in [0.3, 0.4) is 0 Å². The first kappa shape index (κ1) is 88.9. The Kier molecular flexibility index (Phi) is 24.5. The lowest BCUT2D eigenvalue weighted by molar-refractivity contribution is 0.390. The monoisotopic (exact) mass is 1840 g/mol. The zero-order valence-electron chi connectivity index (χ0n) is 81.0. The van der Waals surface area contributed by atoms with E-state index < -0.39 is 0 Å². The van der Waals surface area contributed by atoms with Crippen LogP contribution in [0, 0.1) is 0 Å². The van der Waals surface area contributed by atoms with Crippen LogP contribution in [-0.4, -0.2) is 9.13 Å². The third-order valence-electron chi connectivity index (χ3n) is 30.2. The number of hydrogen-bond donors (Lipinski definition) is 0. The molecule has 4 aromatic heterocycles. The third-order valence-corrected chi connectivity index (χ3v) is 30.2. The molecule has 692 valence electrons. The van der Waals surface area contributed by atoms with Crippen LogP contribution in [-0.2, 0) is 5.41 Å². The Morgan fingerprint density at radius 1 is 0.189 bits per heavy atom. The van der Waals surface area contributed by atoms with Crippen LogP contribution in [0.4, 0.5) is 34.1 Å². The van der Waals surface area contributed by atoms with Gasteiger partial charge in [0.15, 0.2) is 0 Å². The Morgan fingerprint density at radius 2 is 0.406 bits per heavy atom. The lowest BCUT2D eigenvalue weighted by Crippen LogP contribution is -2.28. The Hall–Kier alpha value is -16.8. The Labute approximate surface area is 837 Å². The third kappa shape index (κ3) is 17.3. The van der Waals surface area contributed by atoms with Gasteiger partial charge in [-0.25, -0.2) is 0 Å². The number of anilines is 6. The number of unbranched alkanes of at least 4 members (excludes halogenated alkanes) is 10. The summed E-state index contributed by atoms with van der Waals surface area (Å²) in [5.41, 5.74) is 38.3. The minimum atomic E-state index is -0.145. The Balaban J connectivity index is 0.494. The number of fused-ring (bicyclic) bond motifs is 12. The normalized spacial score (nSPS) is 11.8. The molecule has 0 atom stereocenters. The Morgan fingerprint density at radius 3 is 0.685 bits per heavy atom. The van der Waals surface area contributed by atoms with Gasteiger partial charge in [0.05, 0.1) is 22.1 Å². The minimum Gasteiger partial charge on any atom is -0.455 e. The van der Waals surface area contributed by atoms with Crippen molar-refractivity contribution in [2.75, 3.05) is 9.80 Å². The molecule has 0 unspecified atom stereocenters. The van der Waals surface area contributed by atoms with E-state index in [-0.39, 0.29) is 5.41 Å². The first-order chi connectivity index (χ1) is 70.8. The number of benzene rings is 20. The molecule has 0 spiro atoms. The SMILES string of the molecule is CCCCCCCCC(CCCCCCCC)(c1ccc(-c2ccc(-c3ccc(N(c4ccc(-c5ccc(-n6c7ccccc7c7ccccc76)cc5)cc4)c4ccc(-c5cccc6c5oc5ccccc56)cc4)cc3)cc2)cc1)c1ccc(-c2ccc(-c3ccc(N(c4ccc(-c5ccc(-n6c7ccccc7c7ccccc76)cc5)cc4)c4ccc(-c5cccc6c5oc5ccccc56)cc4)cc3)cc2)cc1. The van der Waals surface area contributed by atoms with E-state index in [2.05, 4.69) is 494 Å². The van der Waals surface area contributed by atoms with Crippen LogP contribution in [0.15, 0.2) is 482 Å². The second kappa shape index (κ2) is 39.5. The quantitative estimate of drug-likeness (QED) is 0.0394. The van der Waals surface area contributed by atoms with E-state index in [4.69, 9.17) is 8.83 Å². The van der Waals surface area contributed by atoms with Gasteiger partial charge in [-0.05, 0) is 235 Å². The molecule has 24 aromatic rings. The molecule has 0 saturated carbocycles. The molecule has 0 N–H and O–H groups in total. The fourth-order valence-electron chi connectivity index (χ4n) is 22.6. The number of furan rings is 2. The van der Waals surface area contributed by atoms with Gasteiger partial charge in [-0.2, -0.15) is 0 Å². The predicted octanol–water partition coefficient (Wildman–Crippen LogP) is 39.7. The molecule has 6 nitrogen and oxygen atoms in total. The minimum absolute atomic E-state index is 0.145. The van der Waals surface area contributed by atoms with Crippen LogP contribution >= 0.6 is 0 Å². The average Bonchev–Trinajstić information content (AvgIpc) is 1.54. The molecule has 6 heteroatoms. The number of nitrogens with zero attached hydrogens (tertiary/aromatic N) is 4. The first-order valence-electron chi connectivity index (χ1n) is 51.4. The Bertz CT molecular complexity index is 8010. The van der Waals surface area contributed by atoms with Gasteiger partial charge >= 0.3 is 0 Å². The van der Waals surface area contributed by atoms with E-state index in [0.29, 0.717) is 0 Å². The van der Waals surface area contributed by atoms with Crippen molar-refractivity contribution < 1.29 is 8.83 Å². The highest BCUT2D eigenvalue weighted by atomic mass is 16.3. The molecule has 0 bridgehead atoms. The predicted molar refractivity (Wildman–Crippen MR) is 606 cm³/mol. The lowest BCUT2D eigenvalue weighted by Gasteiger charge is -2.36. The van der Waals surface area contributed by atoms with Crippen LogP contribution in [0.25, 0.3) is 188 Å². The largest absolute Gasteiger partial charge is 0.455 e.